The van der Waals surface area contributed by atoms with E-state index < -0.39 is 66.7 Å². The Hall–Kier alpha value is -4.47. The van der Waals surface area contributed by atoms with Gasteiger partial charge < -0.3 is 30.0 Å². The second-order valence-corrected chi connectivity index (χ2v) is 22.3. The maximum absolute atomic E-state index is 14.2. The second kappa shape index (κ2) is 23.0. The van der Waals surface area contributed by atoms with E-state index in [1.807, 2.05) is 53.3 Å². The van der Waals surface area contributed by atoms with E-state index in [9.17, 15) is 44.5 Å². The number of hydrogen-bond acceptors (Lipinski definition) is 12. The zero-order valence-corrected chi connectivity index (χ0v) is 40.7. The normalized spacial score (nSPS) is 15.0. The molecule has 68 heavy (non-hydrogen) atoms. The number of anilines is 2. The standard InChI is InChI=1S/C46H51ClF3N4O10PS3/c1-2-53(28-29-64-65(57,58)59)25-24-36(31-66-38-8-4-3-5-9-38)51-42-21-20-39(30-43(42)67(60,61)46(48,49)50)68(62,63)52-45(56)34-14-18-37(19-15-34)54-26-22-33(23-27-54)44(55)41-11-7-6-10-40(41)32-12-16-35(47)17-13-32/h3-21,30,33,36,44,51,55H,2,22-29,31H2,1H3,(H,52,56)(H2,57,58,59)/t36?,44-/m0/s1. The van der Waals surface area contributed by atoms with E-state index in [1.165, 1.54) is 23.9 Å². The molecule has 5 N–H and O–H groups in total. The Kier molecular flexibility index (Phi) is 17.9. The number of nitrogens with one attached hydrogen (secondary N) is 2. The lowest BCUT2D eigenvalue weighted by atomic mass is 9.84. The van der Waals surface area contributed by atoms with Crippen molar-refractivity contribution in [3.8, 4) is 11.1 Å². The second-order valence-electron chi connectivity index (χ2n) is 16.0. The first kappa shape index (κ1) is 52.9. The van der Waals surface area contributed by atoms with Crippen LogP contribution in [0.4, 0.5) is 24.5 Å². The van der Waals surface area contributed by atoms with Crippen LogP contribution in [0.25, 0.3) is 11.1 Å². The highest BCUT2D eigenvalue weighted by atomic mass is 35.5. The molecule has 14 nitrogen and oxygen atoms in total. The van der Waals surface area contributed by atoms with Gasteiger partial charge in [-0.1, -0.05) is 73.1 Å². The predicted octanol–water partition coefficient (Wildman–Crippen LogP) is 8.76. The molecular weight excluding hydrogens is 988 g/mol. The van der Waals surface area contributed by atoms with Gasteiger partial charge in [-0.15, -0.1) is 11.8 Å². The molecule has 1 fully saturated rings. The first-order valence-corrected chi connectivity index (χ1v) is 27.3. The number of phosphoric ester groups is 1. The number of aliphatic hydroxyl groups is 1. The molecule has 1 aliphatic heterocycles. The van der Waals surface area contributed by atoms with Gasteiger partial charge in [-0.2, -0.15) is 13.2 Å². The summed E-state index contributed by atoms with van der Waals surface area (Å²) in [6, 6.07) is 31.6. The molecule has 1 aliphatic rings. The number of piperidine rings is 1. The fourth-order valence-corrected chi connectivity index (χ4v) is 11.2. The van der Waals surface area contributed by atoms with Crippen molar-refractivity contribution >= 4 is 68.3 Å². The topological polar surface area (TPSA) is 203 Å². The van der Waals surface area contributed by atoms with E-state index in [2.05, 4.69) is 14.7 Å². The van der Waals surface area contributed by atoms with Crippen LogP contribution in [-0.4, -0.2) is 99.2 Å². The smallest absolute Gasteiger partial charge is 0.388 e. The number of likely N-dealkylation sites (N-methyl/N-ethyl adjacent to an activating group) is 1. The number of benzene rings is 5. The van der Waals surface area contributed by atoms with Crippen molar-refractivity contribution in [3.63, 3.8) is 0 Å². The van der Waals surface area contributed by atoms with E-state index in [0.29, 0.717) is 43.6 Å². The highest BCUT2D eigenvalue weighted by Crippen LogP contribution is 2.39. The molecule has 0 spiro atoms. The summed E-state index contributed by atoms with van der Waals surface area (Å²) in [4.78, 5) is 33.8. The van der Waals surface area contributed by atoms with Crippen molar-refractivity contribution < 1.29 is 58.8 Å². The molecule has 0 radical (unpaired) electrons. The van der Waals surface area contributed by atoms with E-state index in [0.717, 1.165) is 39.4 Å². The minimum Gasteiger partial charge on any atom is -0.388 e. The van der Waals surface area contributed by atoms with Gasteiger partial charge in [0.2, 0.25) is 0 Å². The van der Waals surface area contributed by atoms with E-state index in [1.54, 1.807) is 54.3 Å². The third-order valence-corrected chi connectivity index (χ3v) is 16.3. The number of rotatable bonds is 21. The molecule has 0 aromatic heterocycles. The van der Waals surface area contributed by atoms with Crippen LogP contribution in [-0.2, 0) is 28.9 Å². The number of alkyl halides is 3. The minimum absolute atomic E-state index is 0.0409. The summed E-state index contributed by atoms with van der Waals surface area (Å²) in [7, 11) is -15.8. The Morgan fingerprint density at radius 1 is 0.912 bits per heavy atom. The van der Waals surface area contributed by atoms with Gasteiger partial charge in [0.1, 0.15) is 4.90 Å². The molecule has 5 aromatic carbocycles. The van der Waals surface area contributed by atoms with Crippen molar-refractivity contribution in [2.45, 2.75) is 58.5 Å². The lowest BCUT2D eigenvalue weighted by Crippen LogP contribution is -2.36. The molecule has 0 aliphatic carbocycles. The van der Waals surface area contributed by atoms with Gasteiger partial charge in [-0.3, -0.25) is 9.32 Å². The average molecular weight is 1040 g/mol. The molecule has 6 rings (SSSR count). The van der Waals surface area contributed by atoms with E-state index in [4.69, 9.17) is 21.4 Å². The van der Waals surface area contributed by atoms with Crippen LogP contribution in [0.5, 0.6) is 0 Å². The first-order chi connectivity index (χ1) is 32.1. The molecule has 0 bridgehead atoms. The van der Waals surface area contributed by atoms with Gasteiger partial charge in [-0.05, 0) is 115 Å². The highest BCUT2D eigenvalue weighted by Gasteiger charge is 2.48. The third-order valence-electron chi connectivity index (χ3n) is 11.5. The summed E-state index contributed by atoms with van der Waals surface area (Å²) in [5.74, 6) is -0.936. The summed E-state index contributed by atoms with van der Waals surface area (Å²) in [6.45, 7) is 3.40. The van der Waals surface area contributed by atoms with Gasteiger partial charge in [0.25, 0.3) is 25.8 Å². The number of aliphatic hydroxyl groups excluding tert-OH is 1. The van der Waals surface area contributed by atoms with Gasteiger partial charge >= 0.3 is 13.3 Å². The third kappa shape index (κ3) is 14.1. The maximum Gasteiger partial charge on any atom is 0.501 e. The Morgan fingerprint density at radius 3 is 2.19 bits per heavy atom. The van der Waals surface area contributed by atoms with Crippen LogP contribution in [0.15, 0.2) is 136 Å². The van der Waals surface area contributed by atoms with Crippen molar-refractivity contribution in [3.05, 3.63) is 137 Å². The van der Waals surface area contributed by atoms with Gasteiger partial charge in [0.05, 0.1) is 23.3 Å². The Morgan fingerprint density at radius 2 is 1.56 bits per heavy atom. The van der Waals surface area contributed by atoms with Crippen molar-refractivity contribution in [1.29, 1.82) is 0 Å². The Balaban J connectivity index is 1.14. The average Bonchev–Trinajstić information content (AvgIpc) is 3.31. The zero-order valence-electron chi connectivity index (χ0n) is 36.6. The molecule has 5 aromatic rings. The number of sulfonamides is 1. The molecule has 1 heterocycles. The molecule has 366 valence electrons. The number of carbonyl (C=O) groups excluding carboxylic acids is 1. The minimum atomic E-state index is -6.17. The number of nitrogens with zero attached hydrogens (tertiary/aromatic N) is 2. The molecule has 1 amide bonds. The van der Waals surface area contributed by atoms with Crippen LogP contribution in [0, 0.1) is 5.92 Å². The van der Waals surface area contributed by atoms with Gasteiger partial charge in [0.15, 0.2) is 0 Å². The SMILES string of the molecule is CCN(CCOP(=O)(O)O)CCC(CSc1ccccc1)Nc1ccc(S(=O)(=O)NC(=O)c2ccc(N3CCC([C@H](O)c4ccccc4-c4ccc(Cl)cc4)CC3)cc2)cc1S(=O)(=O)C(F)(F)F. The first-order valence-electron chi connectivity index (χ1n) is 21.4. The van der Waals surface area contributed by atoms with Gasteiger partial charge in [-0.25, -0.2) is 26.1 Å². The molecule has 2 atom stereocenters. The summed E-state index contributed by atoms with van der Waals surface area (Å²) in [5, 5.41) is 15.0. The summed E-state index contributed by atoms with van der Waals surface area (Å²) in [5.41, 5.74) is -3.06. The Labute approximate surface area is 403 Å². The molecule has 22 heteroatoms. The molecule has 0 saturated carbocycles. The van der Waals surface area contributed by atoms with Crippen molar-refractivity contribution in [1.82, 2.24) is 9.62 Å². The van der Waals surface area contributed by atoms with Crippen LogP contribution in [0.3, 0.4) is 0 Å². The number of phosphoric acid groups is 1. The predicted molar refractivity (Wildman–Crippen MR) is 257 cm³/mol. The number of carbonyl (C=O) groups is 1. The zero-order chi connectivity index (χ0) is 49.3. The Bertz CT molecular complexity index is 2770. The summed E-state index contributed by atoms with van der Waals surface area (Å²) >= 11 is 7.42. The van der Waals surface area contributed by atoms with Crippen LogP contribution >= 0.6 is 31.2 Å². The van der Waals surface area contributed by atoms with Crippen molar-refractivity contribution in [2.75, 3.05) is 55.3 Å². The number of halogens is 4. The van der Waals surface area contributed by atoms with Gasteiger partial charge in [0, 0.05) is 59.1 Å². The number of sulfone groups is 1. The van der Waals surface area contributed by atoms with E-state index in [-0.39, 0.29) is 43.4 Å². The largest absolute Gasteiger partial charge is 0.501 e. The van der Waals surface area contributed by atoms with E-state index >= 15 is 0 Å². The summed E-state index contributed by atoms with van der Waals surface area (Å²) in [6.07, 6.45) is 0.784. The molecule has 1 saturated heterocycles. The maximum atomic E-state index is 14.2. The fourth-order valence-electron chi connectivity index (χ4n) is 7.76. The fraction of sp³-hybridized carbons (Fsp3) is 0.326. The molecule has 1 unspecified atom stereocenters. The monoisotopic (exact) mass is 1040 g/mol. The highest BCUT2D eigenvalue weighted by molar-refractivity contribution is 7.99. The quantitative estimate of drug-likeness (QED) is 0.0345. The number of hydrogen-bond donors (Lipinski definition) is 5. The number of amides is 1. The summed E-state index contributed by atoms with van der Waals surface area (Å²) < 4.78 is 114. The van der Waals surface area contributed by atoms with Crippen LogP contribution < -0.4 is 14.9 Å². The van der Waals surface area contributed by atoms with Crippen molar-refractivity contribution in [2.24, 2.45) is 5.92 Å². The molecular formula is C46H51ClF3N4O10PS3. The van der Waals surface area contributed by atoms with Crippen LogP contribution in [0.1, 0.15) is 48.2 Å². The lowest BCUT2D eigenvalue weighted by molar-refractivity contribution is -0.0436. The number of thioether (sulfide) groups is 1. The lowest BCUT2D eigenvalue weighted by Gasteiger charge is -2.36. The van der Waals surface area contributed by atoms with Crippen LogP contribution in [0.2, 0.25) is 5.02 Å².